The lowest BCUT2D eigenvalue weighted by atomic mass is 9.88. The van der Waals surface area contributed by atoms with Crippen molar-refractivity contribution in [2.75, 3.05) is 58.3 Å². The largest absolute Gasteiger partial charge is 0.497 e. The second-order valence-electron chi connectivity index (χ2n) is 13.1. The summed E-state index contributed by atoms with van der Waals surface area (Å²) >= 11 is 6.51. The highest BCUT2D eigenvalue weighted by molar-refractivity contribution is 6.30. The van der Waals surface area contributed by atoms with Crippen molar-refractivity contribution in [3.63, 3.8) is 0 Å². The van der Waals surface area contributed by atoms with Gasteiger partial charge in [-0.05, 0) is 67.5 Å². The molecule has 2 unspecified atom stereocenters. The molecule has 232 valence electrons. The Bertz CT molecular complexity index is 1270. The summed E-state index contributed by atoms with van der Waals surface area (Å²) in [5.74, 6) is 1.83. The fourth-order valence-electron chi connectivity index (χ4n) is 8.19. The highest BCUT2D eigenvalue weighted by Crippen LogP contribution is 2.41. The van der Waals surface area contributed by atoms with Gasteiger partial charge in [0.2, 0.25) is 11.8 Å². The summed E-state index contributed by atoms with van der Waals surface area (Å²) in [7, 11) is 3.42. The molecule has 7 nitrogen and oxygen atoms in total. The van der Waals surface area contributed by atoms with Crippen LogP contribution in [0, 0.1) is 11.8 Å². The van der Waals surface area contributed by atoms with E-state index in [1.165, 1.54) is 48.9 Å². The minimum atomic E-state index is -0.0255. The normalized spacial score (nSPS) is 25.7. The minimum absolute atomic E-state index is 0.0255. The molecule has 0 spiro atoms. The third-order valence-electron chi connectivity index (χ3n) is 10.7. The van der Waals surface area contributed by atoms with Gasteiger partial charge in [-0.25, -0.2) is 0 Å². The van der Waals surface area contributed by atoms with Crippen LogP contribution in [0.2, 0.25) is 5.02 Å². The molecule has 3 aliphatic heterocycles. The molecular formula is C35H47ClN4O3. The van der Waals surface area contributed by atoms with Crippen LogP contribution in [0.15, 0.2) is 42.5 Å². The number of amides is 2. The van der Waals surface area contributed by atoms with Gasteiger partial charge in [0.15, 0.2) is 0 Å². The Balaban J connectivity index is 1.18. The molecule has 0 bridgehead atoms. The van der Waals surface area contributed by atoms with E-state index in [2.05, 4.69) is 44.3 Å². The molecule has 2 aromatic rings. The van der Waals surface area contributed by atoms with Crippen LogP contribution in [-0.4, -0.2) is 81.1 Å². The van der Waals surface area contributed by atoms with Crippen LogP contribution in [0.4, 0.5) is 5.69 Å². The average Bonchev–Trinajstić information content (AvgIpc) is 3.73. The molecule has 2 amide bonds. The molecular weight excluding hydrogens is 560 g/mol. The zero-order chi connectivity index (χ0) is 29.9. The second-order valence-corrected chi connectivity index (χ2v) is 13.5. The minimum Gasteiger partial charge on any atom is -0.497 e. The Kier molecular flexibility index (Phi) is 9.48. The van der Waals surface area contributed by atoms with Gasteiger partial charge in [0.05, 0.1) is 13.0 Å². The van der Waals surface area contributed by atoms with Gasteiger partial charge in [0.1, 0.15) is 5.75 Å². The van der Waals surface area contributed by atoms with Crippen LogP contribution in [0.3, 0.4) is 0 Å². The first-order chi connectivity index (χ1) is 20.9. The van der Waals surface area contributed by atoms with Crippen LogP contribution in [0.5, 0.6) is 5.75 Å². The van der Waals surface area contributed by atoms with Crippen molar-refractivity contribution in [3.8, 4) is 5.75 Å². The first-order valence-electron chi connectivity index (χ1n) is 16.4. The molecule has 43 heavy (non-hydrogen) atoms. The lowest BCUT2D eigenvalue weighted by Gasteiger charge is -2.35. The number of nitrogens with zero attached hydrogens (tertiary/aromatic N) is 3. The molecule has 3 heterocycles. The van der Waals surface area contributed by atoms with Crippen LogP contribution >= 0.6 is 11.6 Å². The molecule has 3 atom stereocenters. The van der Waals surface area contributed by atoms with Crippen LogP contribution in [0.1, 0.15) is 74.3 Å². The summed E-state index contributed by atoms with van der Waals surface area (Å²) in [6, 6.07) is 15.2. The molecule has 8 heteroatoms. The Morgan fingerprint density at radius 2 is 1.63 bits per heavy atom. The number of hydrogen-bond acceptors (Lipinski definition) is 5. The predicted octanol–water partition coefficient (Wildman–Crippen LogP) is 5.68. The molecule has 2 aromatic carbocycles. The number of likely N-dealkylation sites (tertiary alicyclic amines) is 2. The number of halogens is 1. The van der Waals surface area contributed by atoms with Gasteiger partial charge < -0.3 is 19.9 Å². The van der Waals surface area contributed by atoms with E-state index in [4.69, 9.17) is 16.3 Å². The number of hydrogen-bond donors (Lipinski definition) is 1. The third kappa shape index (κ3) is 6.53. The fraction of sp³-hybridized carbons (Fsp3) is 0.600. The predicted molar refractivity (Wildman–Crippen MR) is 172 cm³/mol. The smallest absolute Gasteiger partial charge is 0.227 e. The summed E-state index contributed by atoms with van der Waals surface area (Å²) in [5, 5.41) is 3.54. The fourth-order valence-corrected chi connectivity index (χ4v) is 8.36. The molecule has 6 rings (SSSR count). The van der Waals surface area contributed by atoms with E-state index < -0.39 is 0 Å². The first-order valence-corrected chi connectivity index (χ1v) is 16.8. The molecule has 3 saturated heterocycles. The van der Waals surface area contributed by atoms with E-state index in [-0.39, 0.29) is 29.6 Å². The summed E-state index contributed by atoms with van der Waals surface area (Å²) in [5.41, 5.74) is 3.69. The molecule has 0 radical (unpaired) electrons. The van der Waals surface area contributed by atoms with Crippen LogP contribution in [0.25, 0.3) is 0 Å². The van der Waals surface area contributed by atoms with Gasteiger partial charge in [-0.3, -0.25) is 14.5 Å². The van der Waals surface area contributed by atoms with E-state index >= 15 is 0 Å². The maximum atomic E-state index is 14.3. The van der Waals surface area contributed by atoms with E-state index in [1.54, 1.807) is 14.2 Å². The standard InChI is InChI=1S/C35H47ClN4O3/c1-37-34(41)25-14-17-38(18-15-25)33-20-27(36)10-13-30(33)26-16-19-39(21-26)35(42)32-23-40(28-6-4-3-5-7-28)22-31(32)24-8-11-29(43-2)12-9-24/h8-13,20,25-26,28,31-32H,3-7,14-19,21-23H2,1-2H3,(H,37,41)/t26?,31-,32?/m0/s1. The molecule has 1 aliphatic carbocycles. The zero-order valence-electron chi connectivity index (χ0n) is 25.8. The maximum Gasteiger partial charge on any atom is 0.227 e. The van der Waals surface area contributed by atoms with E-state index in [9.17, 15) is 9.59 Å². The topological polar surface area (TPSA) is 65.1 Å². The number of methoxy groups -OCH3 is 1. The number of benzene rings is 2. The van der Waals surface area contributed by atoms with Crippen molar-refractivity contribution in [1.82, 2.24) is 15.1 Å². The van der Waals surface area contributed by atoms with Gasteiger partial charge in [-0.1, -0.05) is 49.1 Å². The highest BCUT2D eigenvalue weighted by Gasteiger charge is 2.44. The Labute approximate surface area is 261 Å². The third-order valence-corrected chi connectivity index (χ3v) is 10.9. The Morgan fingerprint density at radius 1 is 0.884 bits per heavy atom. The summed E-state index contributed by atoms with van der Waals surface area (Å²) in [6.07, 6.45) is 9.08. The van der Waals surface area contributed by atoms with Gasteiger partial charge >= 0.3 is 0 Å². The molecule has 1 saturated carbocycles. The second kappa shape index (κ2) is 13.5. The van der Waals surface area contributed by atoms with Gasteiger partial charge in [-0.2, -0.15) is 0 Å². The van der Waals surface area contributed by atoms with Crippen molar-refractivity contribution < 1.29 is 14.3 Å². The number of ether oxygens (including phenoxy) is 1. The molecule has 4 fully saturated rings. The monoisotopic (exact) mass is 606 g/mol. The summed E-state index contributed by atoms with van der Waals surface area (Å²) < 4.78 is 5.42. The highest BCUT2D eigenvalue weighted by atomic mass is 35.5. The van der Waals surface area contributed by atoms with Gasteiger partial charge in [-0.15, -0.1) is 0 Å². The Morgan fingerprint density at radius 3 is 2.33 bits per heavy atom. The summed E-state index contributed by atoms with van der Waals surface area (Å²) in [6.45, 7) is 5.02. The lowest BCUT2D eigenvalue weighted by Crippen LogP contribution is -2.40. The van der Waals surface area contributed by atoms with Crippen LogP contribution in [-0.2, 0) is 9.59 Å². The van der Waals surface area contributed by atoms with Gasteiger partial charge in [0, 0.05) is 80.8 Å². The number of rotatable bonds is 7. The first kappa shape index (κ1) is 30.3. The number of piperidine rings is 1. The van der Waals surface area contributed by atoms with Crippen molar-refractivity contribution >= 4 is 29.1 Å². The molecule has 0 aromatic heterocycles. The van der Waals surface area contributed by atoms with E-state index in [0.29, 0.717) is 11.9 Å². The molecule has 1 N–H and O–H groups in total. The van der Waals surface area contributed by atoms with Crippen molar-refractivity contribution in [2.45, 2.75) is 69.2 Å². The van der Waals surface area contributed by atoms with Crippen molar-refractivity contribution in [2.24, 2.45) is 11.8 Å². The number of carbonyl (C=O) groups is 2. The Hall–Kier alpha value is -2.77. The van der Waals surface area contributed by atoms with E-state index in [1.807, 2.05) is 18.2 Å². The number of nitrogens with one attached hydrogen (secondary N) is 1. The van der Waals surface area contributed by atoms with Gasteiger partial charge in [0.25, 0.3) is 0 Å². The number of anilines is 1. The average molecular weight is 607 g/mol. The van der Waals surface area contributed by atoms with Crippen LogP contribution < -0.4 is 15.0 Å². The lowest BCUT2D eigenvalue weighted by molar-refractivity contribution is -0.134. The number of carbonyl (C=O) groups excluding carboxylic acids is 2. The molecule has 4 aliphatic rings. The zero-order valence-corrected chi connectivity index (χ0v) is 26.5. The van der Waals surface area contributed by atoms with Crippen molar-refractivity contribution in [3.05, 3.63) is 58.6 Å². The summed E-state index contributed by atoms with van der Waals surface area (Å²) in [4.78, 5) is 33.7. The van der Waals surface area contributed by atoms with E-state index in [0.717, 1.165) is 69.3 Å². The SMILES string of the molecule is CNC(=O)C1CCN(c2cc(Cl)ccc2C2CCN(C(=O)C3CN(C4CCCCC4)C[C@H]3c3ccc(OC)cc3)C2)CC1. The maximum absolute atomic E-state index is 14.3. The van der Waals surface area contributed by atoms with Crippen molar-refractivity contribution in [1.29, 1.82) is 0 Å². The quantitative estimate of drug-likeness (QED) is 0.440.